The molecule has 0 spiro atoms. The Bertz CT molecular complexity index is 794. The summed E-state index contributed by atoms with van der Waals surface area (Å²) >= 11 is 0. The maximum Gasteiger partial charge on any atom is 0.266 e. The van der Waals surface area contributed by atoms with Crippen LogP contribution in [-0.2, 0) is 14.9 Å². The Morgan fingerprint density at radius 3 is 2.62 bits per heavy atom. The number of allylic oxidation sites excluding steroid dienone is 5. The van der Waals surface area contributed by atoms with E-state index in [-0.39, 0.29) is 29.2 Å². The molecule has 0 bridgehead atoms. The van der Waals surface area contributed by atoms with Crippen molar-refractivity contribution in [2.24, 2.45) is 22.7 Å². The number of amides is 1. The predicted molar refractivity (Wildman–Crippen MR) is 118 cm³/mol. The Morgan fingerprint density at radius 1 is 1.31 bits per heavy atom. The van der Waals surface area contributed by atoms with Crippen molar-refractivity contribution in [2.75, 3.05) is 12.3 Å². The fourth-order valence-electron chi connectivity index (χ4n) is 5.61. The summed E-state index contributed by atoms with van der Waals surface area (Å²) in [5, 5.41) is 2.65. The van der Waals surface area contributed by atoms with E-state index in [9.17, 15) is 13.2 Å². The van der Waals surface area contributed by atoms with E-state index in [4.69, 9.17) is 4.55 Å². The van der Waals surface area contributed by atoms with Gasteiger partial charge >= 0.3 is 0 Å². The van der Waals surface area contributed by atoms with E-state index < -0.39 is 15.9 Å². The van der Waals surface area contributed by atoms with Gasteiger partial charge in [-0.1, -0.05) is 56.2 Å². The molecule has 0 heterocycles. The molecule has 29 heavy (non-hydrogen) atoms. The van der Waals surface area contributed by atoms with Crippen LogP contribution in [0.25, 0.3) is 0 Å². The number of carbonyl (C=O) groups excluding carboxylic acids is 1. The Kier molecular flexibility index (Phi) is 7.55. The zero-order valence-electron chi connectivity index (χ0n) is 18.3. The lowest BCUT2D eigenvalue weighted by molar-refractivity contribution is -0.124. The summed E-state index contributed by atoms with van der Waals surface area (Å²) in [5.41, 5.74) is 2.50. The lowest BCUT2D eigenvalue weighted by Crippen LogP contribution is -2.50. The average Bonchev–Trinajstić information content (AvgIpc) is 2.56. The van der Waals surface area contributed by atoms with Crippen molar-refractivity contribution >= 4 is 16.0 Å². The molecule has 5 nitrogen and oxygen atoms in total. The molecule has 2 fully saturated rings. The van der Waals surface area contributed by atoms with E-state index in [0.29, 0.717) is 12.3 Å². The molecule has 0 aliphatic heterocycles. The molecule has 2 rings (SSSR count). The first-order chi connectivity index (χ1) is 13.4. The Morgan fingerprint density at radius 2 is 2.00 bits per heavy atom. The zero-order valence-corrected chi connectivity index (χ0v) is 19.1. The maximum atomic E-state index is 12.5. The van der Waals surface area contributed by atoms with Crippen LogP contribution in [0.1, 0.15) is 66.2 Å². The molecule has 0 aromatic carbocycles. The molecule has 4 atom stereocenters. The van der Waals surface area contributed by atoms with E-state index >= 15 is 0 Å². The highest BCUT2D eigenvalue weighted by Gasteiger charge is 2.53. The van der Waals surface area contributed by atoms with Crippen LogP contribution in [0.3, 0.4) is 0 Å². The lowest BCUT2D eigenvalue weighted by Gasteiger charge is -2.58. The van der Waals surface area contributed by atoms with Crippen LogP contribution in [0.5, 0.6) is 0 Å². The highest BCUT2D eigenvalue weighted by Crippen LogP contribution is 2.62. The topological polar surface area (TPSA) is 83.5 Å². The summed E-state index contributed by atoms with van der Waals surface area (Å²) in [7, 11) is -4.07. The second kappa shape index (κ2) is 9.17. The quantitative estimate of drug-likeness (QED) is 0.354. The fraction of sp³-hybridized carbons (Fsp3) is 0.696. The molecule has 2 N–H and O–H groups in total. The van der Waals surface area contributed by atoms with Crippen LogP contribution in [0.2, 0.25) is 0 Å². The molecule has 0 radical (unpaired) electrons. The van der Waals surface area contributed by atoms with Gasteiger partial charge in [0.05, 0.1) is 5.75 Å². The number of rotatable bonds is 7. The summed E-state index contributed by atoms with van der Waals surface area (Å²) < 4.78 is 30.6. The second-order valence-electron chi connectivity index (χ2n) is 9.61. The van der Waals surface area contributed by atoms with Crippen molar-refractivity contribution in [3.63, 3.8) is 0 Å². The normalized spacial score (nSPS) is 32.7. The van der Waals surface area contributed by atoms with Crippen molar-refractivity contribution in [1.82, 2.24) is 5.32 Å². The van der Waals surface area contributed by atoms with Crippen molar-refractivity contribution in [2.45, 2.75) is 66.2 Å². The fourth-order valence-corrected chi connectivity index (χ4v) is 5.97. The van der Waals surface area contributed by atoms with Crippen molar-refractivity contribution < 1.29 is 17.8 Å². The SMILES string of the molecule is C=C1CC[C@H]2[C@@](C)(CCC[C@]2(C)C=CC=C(C)C)[C@@H]1CC(=O)NCCS(=O)(=O)O. The van der Waals surface area contributed by atoms with Crippen LogP contribution in [-0.4, -0.2) is 31.2 Å². The minimum absolute atomic E-state index is 0.00194. The molecule has 2 aliphatic rings. The molecule has 0 aromatic heterocycles. The summed E-state index contributed by atoms with van der Waals surface area (Å²) in [6.45, 7) is 13.1. The third-order valence-corrected chi connectivity index (χ3v) is 7.76. The summed E-state index contributed by atoms with van der Waals surface area (Å²) in [5.74, 6) is -0.0681. The summed E-state index contributed by atoms with van der Waals surface area (Å²) in [6, 6.07) is 0. The van der Waals surface area contributed by atoms with Crippen molar-refractivity contribution in [3.05, 3.63) is 36.0 Å². The zero-order chi connectivity index (χ0) is 21.9. The van der Waals surface area contributed by atoms with Gasteiger partial charge in [0.2, 0.25) is 5.91 Å². The summed E-state index contributed by atoms with van der Waals surface area (Å²) in [6.07, 6.45) is 12.4. The first kappa shape index (κ1) is 23.9. The number of hydrogen-bond acceptors (Lipinski definition) is 3. The van der Waals surface area contributed by atoms with E-state index in [2.05, 4.69) is 57.8 Å². The van der Waals surface area contributed by atoms with Gasteiger partial charge in [-0.15, -0.1) is 0 Å². The van der Waals surface area contributed by atoms with Gasteiger partial charge < -0.3 is 5.32 Å². The largest absolute Gasteiger partial charge is 0.355 e. The second-order valence-corrected chi connectivity index (χ2v) is 11.2. The van der Waals surface area contributed by atoms with Gasteiger partial charge in [0.1, 0.15) is 0 Å². The highest BCUT2D eigenvalue weighted by molar-refractivity contribution is 7.85. The van der Waals surface area contributed by atoms with E-state index in [0.717, 1.165) is 37.7 Å². The van der Waals surface area contributed by atoms with E-state index in [1.165, 1.54) is 5.57 Å². The third kappa shape index (κ3) is 6.05. The maximum absolute atomic E-state index is 12.5. The van der Waals surface area contributed by atoms with Crippen molar-refractivity contribution in [3.8, 4) is 0 Å². The predicted octanol–water partition coefficient (Wildman–Crippen LogP) is 4.68. The number of carbonyl (C=O) groups is 1. The minimum Gasteiger partial charge on any atom is -0.355 e. The minimum atomic E-state index is -4.07. The van der Waals surface area contributed by atoms with Crippen LogP contribution < -0.4 is 5.32 Å². The summed E-state index contributed by atoms with van der Waals surface area (Å²) in [4.78, 5) is 12.5. The standard InChI is InChI=1S/C23H37NO4S/c1-17(2)8-6-11-22(4)12-7-13-23(5)19(18(3)9-10-20(22)23)16-21(25)24-14-15-29(26,27)28/h6,8,11,19-20H,3,7,9-10,12-16H2,1-2,4-5H3,(H,24,25)(H,26,27,28)/t19-,20-,22+,23+/m1/s1. The number of hydrogen-bond donors (Lipinski definition) is 2. The number of fused-ring (bicyclic) bond motifs is 1. The van der Waals surface area contributed by atoms with Gasteiger partial charge in [0.25, 0.3) is 10.1 Å². The molecule has 0 unspecified atom stereocenters. The van der Waals surface area contributed by atoms with Crippen molar-refractivity contribution in [1.29, 1.82) is 0 Å². The van der Waals surface area contributed by atoms with E-state index in [1.807, 2.05) is 0 Å². The smallest absolute Gasteiger partial charge is 0.266 e. The molecular formula is C23H37NO4S. The van der Waals surface area contributed by atoms with E-state index in [1.54, 1.807) is 0 Å². The number of nitrogens with one attached hydrogen (secondary N) is 1. The van der Waals surface area contributed by atoms with Gasteiger partial charge in [-0.2, -0.15) is 8.42 Å². The van der Waals surface area contributed by atoms with Gasteiger partial charge in [-0.25, -0.2) is 0 Å². The molecule has 0 aromatic rings. The van der Waals surface area contributed by atoms with Crippen LogP contribution in [0.15, 0.2) is 36.0 Å². The molecule has 6 heteroatoms. The molecule has 1 amide bonds. The molecular weight excluding hydrogens is 386 g/mol. The lowest BCUT2D eigenvalue weighted by atomic mass is 9.46. The van der Waals surface area contributed by atoms with Crippen LogP contribution in [0.4, 0.5) is 0 Å². The van der Waals surface area contributed by atoms with Crippen LogP contribution in [0, 0.1) is 22.7 Å². The van der Waals surface area contributed by atoms with Gasteiger partial charge in [-0.3, -0.25) is 9.35 Å². The van der Waals surface area contributed by atoms with Gasteiger partial charge in [-0.05, 0) is 62.2 Å². The Hall–Kier alpha value is -1.40. The molecule has 2 saturated carbocycles. The van der Waals surface area contributed by atoms with Gasteiger partial charge in [0, 0.05) is 13.0 Å². The first-order valence-corrected chi connectivity index (χ1v) is 12.2. The Labute approximate surface area is 176 Å². The molecule has 164 valence electrons. The first-order valence-electron chi connectivity index (χ1n) is 10.6. The Balaban J connectivity index is 2.17. The molecule has 2 aliphatic carbocycles. The molecule has 0 saturated heterocycles. The highest BCUT2D eigenvalue weighted by atomic mass is 32.2. The monoisotopic (exact) mass is 423 g/mol. The third-order valence-electron chi connectivity index (χ3n) is 7.04. The van der Waals surface area contributed by atoms with Crippen LogP contribution >= 0.6 is 0 Å². The average molecular weight is 424 g/mol. The van der Waals surface area contributed by atoms with Gasteiger partial charge in [0.15, 0.2) is 0 Å².